The maximum Gasteiger partial charge on any atom is 0.229 e. The predicted octanol–water partition coefficient (Wildman–Crippen LogP) is 22.1. The molecule has 5 saturated carbocycles. The third-order valence-corrected chi connectivity index (χ3v) is 26.8. The largest absolute Gasteiger partial charge is 0.390 e. The first kappa shape index (κ1) is 112. The van der Waals surface area contributed by atoms with Crippen LogP contribution in [0, 0.1) is 64.2 Å². The van der Waals surface area contributed by atoms with Gasteiger partial charge in [-0.25, -0.2) is 69.4 Å². The van der Waals surface area contributed by atoms with E-state index in [1.807, 2.05) is 85.1 Å². The number of amides is 6. The van der Waals surface area contributed by atoms with Crippen LogP contribution >= 0.6 is 23.2 Å². The lowest BCUT2D eigenvalue weighted by atomic mass is 9.92. The molecule has 4 atom stereocenters. The fourth-order valence-corrected chi connectivity index (χ4v) is 18.3. The zero-order chi connectivity index (χ0) is 108. The highest BCUT2D eigenvalue weighted by atomic mass is 35.5. The van der Waals surface area contributed by atoms with Crippen LogP contribution in [0.2, 0.25) is 10.0 Å². The number of fused-ring (bicyclic) bond motifs is 6. The van der Waals surface area contributed by atoms with Gasteiger partial charge in [-0.2, -0.15) is 0 Å². The molecule has 30 nitrogen and oxygen atoms in total. The quantitative estimate of drug-likeness (QED) is 0.0236. The van der Waals surface area contributed by atoms with Crippen molar-refractivity contribution in [1.82, 2.24) is 57.3 Å². The Morgan fingerprint density at radius 1 is 0.320 bits per heavy atom. The number of nitrogens with one attached hydrogen (secondary N) is 6. The van der Waals surface area contributed by atoms with Crippen molar-refractivity contribution in [2.75, 3.05) is 31.9 Å². The Balaban J connectivity index is 0.000000148. The average Bonchev–Trinajstić information content (AvgIpc) is 1.64. The summed E-state index contributed by atoms with van der Waals surface area (Å²) in [6, 6.07) is 26.4. The summed E-state index contributed by atoms with van der Waals surface area (Å²) in [5.74, 6) is -8.48. The van der Waals surface area contributed by atoms with Gasteiger partial charge in [-0.1, -0.05) is 60.5 Å². The van der Waals surface area contributed by atoms with Gasteiger partial charge in [0.05, 0.1) is 133 Å². The highest BCUT2D eigenvalue weighted by Crippen LogP contribution is 2.47. The second-order valence-corrected chi connectivity index (χ2v) is 45.0. The second kappa shape index (κ2) is 43.6. The zero-order valence-electron chi connectivity index (χ0n) is 85.6. The summed E-state index contributed by atoms with van der Waals surface area (Å²) >= 11 is 12.1. The number of carbonyl (C=O) groups excluding carboxylic acids is 6. The van der Waals surface area contributed by atoms with Crippen LogP contribution < -0.4 is 31.9 Å². The molecular formula is C106H129Cl2F9N18O12. The Morgan fingerprint density at radius 2 is 0.612 bits per heavy atom. The van der Waals surface area contributed by atoms with Gasteiger partial charge in [0.25, 0.3) is 0 Å². The van der Waals surface area contributed by atoms with Crippen LogP contribution in [0.25, 0.3) is 66.2 Å². The topological polar surface area (TPSA) is 403 Å². The van der Waals surface area contributed by atoms with Gasteiger partial charge in [0.2, 0.25) is 71.1 Å². The molecule has 0 aliphatic heterocycles. The highest BCUT2D eigenvalue weighted by Gasteiger charge is 2.44. The third-order valence-electron chi connectivity index (χ3n) is 26.4. The normalized spacial score (nSPS) is 16.3. The molecule has 5 aliphatic rings. The van der Waals surface area contributed by atoms with E-state index in [4.69, 9.17) is 23.2 Å². The van der Waals surface area contributed by atoms with Gasteiger partial charge in [-0.15, -0.1) is 0 Å². The van der Waals surface area contributed by atoms with Crippen LogP contribution in [0.15, 0.2) is 109 Å². The van der Waals surface area contributed by atoms with Crippen LogP contribution in [0.5, 0.6) is 0 Å². The molecule has 1 unspecified atom stereocenters. The number of hydrogen-bond acceptors (Lipinski definition) is 18. The SMILES string of the molecule is CC(C)(C)n1c(NC(=O)C[C@@](C)(O)C2CC2)nc2cc(F)c(F)cc21.CC(C)(C)n1c(NC(=O)C[C@](C)(O)c2ccccc2)nc2cc(F)c(F)cc21.CC(C)(O)CC(=O)Nc1nc2c(F)cc(Cl)cc2n1C1CCC1.CC(C)(O)CC(=O)Nc1nc2ccc(Cl)cc2n1C1CCC1.CCC(C)(O)CC(=O)Nc1nc2cc(F)c(F)cc2n1C(C)(C)C.C[C@@](O)(CC(=O)Nc1nc2cc(F)c(F)cc2n1C1CCC1)C1CC1. The molecule has 12 N–H and O–H groups in total. The maximum absolute atomic E-state index is 14.1. The first-order valence-corrected chi connectivity index (χ1v) is 49.8. The van der Waals surface area contributed by atoms with Gasteiger partial charge in [0, 0.05) is 93.3 Å². The maximum atomic E-state index is 14.1. The number of aromatic nitrogens is 12. The van der Waals surface area contributed by atoms with E-state index in [-0.39, 0.29) is 126 Å². The van der Waals surface area contributed by atoms with Crippen LogP contribution in [0.3, 0.4) is 0 Å². The van der Waals surface area contributed by atoms with Gasteiger partial charge in [0.15, 0.2) is 52.4 Å². The van der Waals surface area contributed by atoms with E-state index >= 15 is 0 Å². The average molecular weight is 2090 g/mol. The number of imidazole rings is 6. The van der Waals surface area contributed by atoms with Gasteiger partial charge >= 0.3 is 0 Å². The Bertz CT molecular complexity index is 7100. The standard InChI is InChI=1S/C21H23F2N3O2.C18H21F2N3O2.C18H23F2N3O2.C17H23F2N3O2.C16H19ClFN3O2.C16H20ClN3O2/c1-20(2,3)26-17-11-15(23)14(22)10-16(17)24-19(26)25-18(27)12-21(4,28)13-8-6-5-7-9-13;1-18(25,10-5-6-10)9-16(24)22-17-21-14-7-12(19)13(20)8-15(14)23(17)11-3-2-4-11;1-17(2,3)23-14-8-12(20)11(19)7-13(14)21-16(23)22-15(24)9-18(4,25)10-5-6-10;1-6-17(5,24)9-14(23)21-15-20-12-7-10(18)11(19)8-13(12)22(15)16(2,3)4;1-16(2,23)8-13(22)19-15-20-14-11(18)6-9(17)7-12(14)21(15)10-4-3-5-10;1-16(2,22)9-14(21)19-15-18-12-7-6-10(17)8-13(12)20(15)11-4-3-5-11/h5-11,28H,12H2,1-4H3,(H,24,25,27);7-8,10-11,25H,2-6,9H2,1H3,(H,21,22,24);7-8,10,25H,5-6,9H2,1-4H3,(H,21,22,24);7-8,24H,6,9H2,1-5H3,(H,20,21,23);6-7,10,23H,3-5,8H2,1-2H3,(H,19,20,22);6-8,11,22H,3-5,9H2,1-2H3,(H,18,19,21)/t21-;2*18-;;;/m011.../s1. The molecule has 6 heterocycles. The fraction of sp³-hybridized carbons (Fsp3) is 0.491. The van der Waals surface area contributed by atoms with Gasteiger partial charge in [-0.05, 0) is 255 Å². The molecule has 13 aromatic rings. The van der Waals surface area contributed by atoms with Gasteiger partial charge < -0.3 is 58.0 Å². The van der Waals surface area contributed by atoms with Crippen LogP contribution in [0.4, 0.5) is 75.2 Å². The van der Waals surface area contributed by atoms with E-state index in [1.165, 1.54) is 12.5 Å². The van der Waals surface area contributed by atoms with E-state index in [9.17, 15) is 98.9 Å². The summed E-state index contributed by atoms with van der Waals surface area (Å²) in [7, 11) is 0. The summed E-state index contributed by atoms with van der Waals surface area (Å²) in [6.45, 7) is 31.4. The molecule has 0 radical (unpaired) electrons. The first-order valence-electron chi connectivity index (χ1n) is 49.1. The molecular weight excluding hydrogens is 1960 g/mol. The van der Waals surface area contributed by atoms with Crippen molar-refractivity contribution in [3.05, 3.63) is 177 Å². The monoisotopic (exact) mass is 2090 g/mol. The lowest BCUT2D eigenvalue weighted by Crippen LogP contribution is -2.34. The van der Waals surface area contributed by atoms with Crippen molar-refractivity contribution in [1.29, 1.82) is 0 Å². The Hall–Kier alpha value is -12.1. The minimum absolute atomic E-state index is 0.0196. The molecule has 18 rings (SSSR count). The van der Waals surface area contributed by atoms with Gasteiger partial charge in [0.1, 0.15) is 5.52 Å². The molecule has 5 fully saturated rings. The molecule has 5 aliphatic carbocycles. The number of rotatable bonds is 25. The van der Waals surface area contributed by atoms with Crippen molar-refractivity contribution in [2.45, 2.75) is 321 Å². The third kappa shape index (κ3) is 27.7. The van der Waals surface area contributed by atoms with Crippen molar-refractivity contribution in [3.63, 3.8) is 0 Å². The molecule has 7 aromatic carbocycles. The Morgan fingerprint density at radius 3 is 0.952 bits per heavy atom. The summed E-state index contributed by atoms with van der Waals surface area (Å²) in [4.78, 5) is 99.6. The van der Waals surface area contributed by atoms with Crippen molar-refractivity contribution in [2.24, 2.45) is 11.8 Å². The molecule has 41 heteroatoms. The fourth-order valence-electron chi connectivity index (χ4n) is 17.9. The molecule has 147 heavy (non-hydrogen) atoms. The van der Waals surface area contributed by atoms with E-state index < -0.39 is 114 Å². The summed E-state index contributed by atoms with van der Waals surface area (Å²) in [5.41, 5.74) is -2.49. The molecule has 792 valence electrons. The molecule has 6 aromatic heterocycles. The number of hydrogen-bond donors (Lipinski definition) is 12. The number of aliphatic hydroxyl groups is 6. The van der Waals surface area contributed by atoms with Crippen molar-refractivity contribution in [3.8, 4) is 0 Å². The van der Waals surface area contributed by atoms with E-state index in [2.05, 4.69) is 66.4 Å². The number of halogens is 11. The number of anilines is 6. The summed E-state index contributed by atoms with van der Waals surface area (Å²) in [5, 5.41) is 78.2. The lowest BCUT2D eigenvalue weighted by Gasteiger charge is -2.29. The Kier molecular flexibility index (Phi) is 33.2. The molecule has 0 saturated heterocycles. The number of carbonyl (C=O) groups is 6. The second-order valence-electron chi connectivity index (χ2n) is 44.1. The van der Waals surface area contributed by atoms with Crippen molar-refractivity contribution < 1.29 is 98.9 Å². The lowest BCUT2D eigenvalue weighted by molar-refractivity contribution is -0.122. The van der Waals surface area contributed by atoms with Crippen LogP contribution in [0.1, 0.15) is 277 Å². The zero-order valence-corrected chi connectivity index (χ0v) is 87.1. The number of nitrogens with zero attached hydrogens (tertiary/aromatic N) is 12. The Labute approximate surface area is 854 Å². The molecule has 0 bridgehead atoms. The minimum Gasteiger partial charge on any atom is -0.390 e. The van der Waals surface area contributed by atoms with Crippen molar-refractivity contribution >= 4 is 161 Å². The first-order chi connectivity index (χ1) is 68.3. The smallest absolute Gasteiger partial charge is 0.229 e. The number of benzene rings is 7. The van der Waals surface area contributed by atoms with E-state index in [1.54, 1.807) is 117 Å². The highest BCUT2D eigenvalue weighted by molar-refractivity contribution is 6.31. The minimum atomic E-state index is -1.37. The van der Waals surface area contributed by atoms with Crippen LogP contribution in [-0.2, 0) is 51.0 Å². The molecule has 6 amide bonds. The molecule has 0 spiro atoms. The van der Waals surface area contributed by atoms with E-state index in [0.29, 0.717) is 79.0 Å². The van der Waals surface area contributed by atoms with Gasteiger partial charge in [-0.3, -0.25) is 60.7 Å². The summed E-state index contributed by atoms with van der Waals surface area (Å²) in [6.07, 6.45) is 12.9. The summed E-state index contributed by atoms with van der Waals surface area (Å²) < 4.78 is 134. The van der Waals surface area contributed by atoms with Crippen LogP contribution in [-0.4, -0.2) is 151 Å². The van der Waals surface area contributed by atoms with E-state index in [0.717, 1.165) is 137 Å². The predicted molar refractivity (Wildman–Crippen MR) is 547 cm³/mol.